The maximum absolute atomic E-state index is 13.0. The standard InChI is InChI=1S/C14H8F3N3O2/c15-14(16,17)10-4-2-1-3-9(10)12-18-11-7-8(13(21)22)5-6-20(11)19-12/h1-7H,(H,21,22). The Kier molecular flexibility index (Phi) is 3.09. The van der Waals surface area contributed by atoms with Crippen LogP contribution in [0.2, 0.25) is 0 Å². The number of carboxylic acid groups (broad SMARTS) is 1. The van der Waals surface area contributed by atoms with Crippen LogP contribution in [0, 0.1) is 0 Å². The van der Waals surface area contributed by atoms with Gasteiger partial charge in [0.25, 0.3) is 0 Å². The van der Waals surface area contributed by atoms with E-state index in [1.807, 2.05) is 0 Å². The molecular formula is C14H8F3N3O2. The third kappa shape index (κ3) is 2.39. The van der Waals surface area contributed by atoms with E-state index in [9.17, 15) is 18.0 Å². The van der Waals surface area contributed by atoms with Gasteiger partial charge < -0.3 is 5.11 Å². The van der Waals surface area contributed by atoms with Crippen molar-refractivity contribution in [2.24, 2.45) is 0 Å². The molecule has 3 rings (SSSR count). The molecule has 0 unspecified atom stereocenters. The number of nitrogens with zero attached hydrogens (tertiary/aromatic N) is 3. The molecule has 0 saturated heterocycles. The van der Waals surface area contributed by atoms with Crippen LogP contribution in [0.4, 0.5) is 13.2 Å². The van der Waals surface area contributed by atoms with Crippen molar-refractivity contribution in [3.8, 4) is 11.4 Å². The van der Waals surface area contributed by atoms with Gasteiger partial charge in [-0.25, -0.2) is 14.3 Å². The van der Waals surface area contributed by atoms with Crippen LogP contribution < -0.4 is 0 Å². The van der Waals surface area contributed by atoms with Gasteiger partial charge in [0.2, 0.25) is 0 Å². The monoisotopic (exact) mass is 307 g/mol. The van der Waals surface area contributed by atoms with Crippen molar-refractivity contribution in [1.82, 2.24) is 14.6 Å². The number of rotatable bonds is 2. The first kappa shape index (κ1) is 14.1. The van der Waals surface area contributed by atoms with E-state index in [0.717, 1.165) is 6.07 Å². The van der Waals surface area contributed by atoms with Gasteiger partial charge in [-0.3, -0.25) is 0 Å². The fraction of sp³-hybridized carbons (Fsp3) is 0.0714. The Morgan fingerprint density at radius 2 is 1.91 bits per heavy atom. The number of carbonyl (C=O) groups is 1. The molecule has 0 bridgehead atoms. The number of hydrogen-bond acceptors (Lipinski definition) is 3. The maximum Gasteiger partial charge on any atom is 0.417 e. The smallest absolute Gasteiger partial charge is 0.417 e. The van der Waals surface area contributed by atoms with E-state index in [4.69, 9.17) is 5.11 Å². The second-order valence-corrected chi connectivity index (χ2v) is 4.50. The zero-order valence-electron chi connectivity index (χ0n) is 10.9. The van der Waals surface area contributed by atoms with Crippen LogP contribution in [-0.4, -0.2) is 25.7 Å². The summed E-state index contributed by atoms with van der Waals surface area (Å²) in [5.41, 5.74) is -0.859. The highest BCUT2D eigenvalue weighted by Gasteiger charge is 2.34. The first-order valence-electron chi connectivity index (χ1n) is 6.12. The van der Waals surface area contributed by atoms with Crippen molar-refractivity contribution >= 4 is 11.6 Å². The molecule has 0 aliphatic carbocycles. The molecule has 5 nitrogen and oxygen atoms in total. The van der Waals surface area contributed by atoms with E-state index in [-0.39, 0.29) is 22.6 Å². The summed E-state index contributed by atoms with van der Waals surface area (Å²) < 4.78 is 40.3. The zero-order valence-corrected chi connectivity index (χ0v) is 10.9. The molecule has 0 aliphatic rings. The minimum Gasteiger partial charge on any atom is -0.478 e. The molecule has 0 fully saturated rings. The average molecular weight is 307 g/mol. The first-order valence-corrected chi connectivity index (χ1v) is 6.12. The number of aromatic nitrogens is 3. The largest absolute Gasteiger partial charge is 0.478 e. The lowest BCUT2D eigenvalue weighted by molar-refractivity contribution is -0.137. The van der Waals surface area contributed by atoms with Crippen LogP contribution in [0.3, 0.4) is 0 Å². The number of aromatic carboxylic acids is 1. The fourth-order valence-corrected chi connectivity index (χ4v) is 2.05. The average Bonchev–Trinajstić information content (AvgIpc) is 2.89. The minimum absolute atomic E-state index is 0.0180. The molecule has 0 atom stereocenters. The SMILES string of the molecule is O=C(O)c1ccn2nc(-c3ccccc3C(F)(F)F)nc2c1. The Balaban J connectivity index is 2.18. The van der Waals surface area contributed by atoms with Crippen molar-refractivity contribution in [2.75, 3.05) is 0 Å². The summed E-state index contributed by atoms with van der Waals surface area (Å²) in [7, 11) is 0. The molecule has 0 saturated carbocycles. The number of alkyl halides is 3. The summed E-state index contributed by atoms with van der Waals surface area (Å²) in [5.74, 6) is -1.27. The van der Waals surface area contributed by atoms with Gasteiger partial charge in [-0.05, 0) is 18.2 Å². The predicted octanol–water partition coefficient (Wildman–Crippen LogP) is 3.11. The summed E-state index contributed by atoms with van der Waals surface area (Å²) in [5, 5.41) is 12.9. The number of fused-ring (bicyclic) bond motifs is 1. The van der Waals surface area contributed by atoms with E-state index in [1.165, 1.54) is 41.0 Å². The van der Waals surface area contributed by atoms with Crippen molar-refractivity contribution in [2.45, 2.75) is 6.18 Å². The highest BCUT2D eigenvalue weighted by molar-refractivity contribution is 5.88. The number of carboxylic acids is 1. The minimum atomic E-state index is -4.53. The van der Waals surface area contributed by atoms with Gasteiger partial charge >= 0.3 is 12.1 Å². The lowest BCUT2D eigenvalue weighted by atomic mass is 10.1. The fourth-order valence-electron chi connectivity index (χ4n) is 2.05. The Hall–Kier alpha value is -2.90. The van der Waals surface area contributed by atoms with Crippen molar-refractivity contribution in [3.05, 3.63) is 53.7 Å². The summed E-state index contributed by atoms with van der Waals surface area (Å²) in [6.45, 7) is 0. The van der Waals surface area contributed by atoms with Crippen LogP contribution in [0.5, 0.6) is 0 Å². The van der Waals surface area contributed by atoms with Crippen molar-refractivity contribution in [3.63, 3.8) is 0 Å². The third-order valence-corrected chi connectivity index (χ3v) is 3.06. The van der Waals surface area contributed by atoms with Crippen LogP contribution >= 0.6 is 0 Å². The van der Waals surface area contributed by atoms with Crippen LogP contribution in [0.25, 0.3) is 17.0 Å². The van der Waals surface area contributed by atoms with E-state index < -0.39 is 17.7 Å². The molecule has 0 amide bonds. The van der Waals surface area contributed by atoms with Gasteiger partial charge in [0.1, 0.15) is 0 Å². The normalized spacial score (nSPS) is 11.8. The third-order valence-electron chi connectivity index (χ3n) is 3.06. The highest BCUT2D eigenvalue weighted by atomic mass is 19.4. The van der Waals surface area contributed by atoms with E-state index in [0.29, 0.717) is 0 Å². The number of halogens is 3. The molecule has 8 heteroatoms. The van der Waals surface area contributed by atoms with Gasteiger partial charge in [-0.15, -0.1) is 5.10 Å². The van der Waals surface area contributed by atoms with Gasteiger partial charge in [0.15, 0.2) is 11.5 Å². The maximum atomic E-state index is 13.0. The predicted molar refractivity (Wildman–Crippen MR) is 70.4 cm³/mol. The molecule has 112 valence electrons. The van der Waals surface area contributed by atoms with Crippen LogP contribution in [0.15, 0.2) is 42.6 Å². The molecule has 2 aromatic heterocycles. The summed E-state index contributed by atoms with van der Waals surface area (Å²) in [6, 6.07) is 7.50. The topological polar surface area (TPSA) is 67.5 Å². The van der Waals surface area contributed by atoms with Crippen LogP contribution in [-0.2, 0) is 6.18 Å². The Morgan fingerprint density at radius 3 is 2.59 bits per heavy atom. The molecule has 0 radical (unpaired) electrons. The van der Waals surface area contributed by atoms with Gasteiger partial charge in [-0.2, -0.15) is 13.2 Å². The first-order chi connectivity index (χ1) is 10.4. The second-order valence-electron chi connectivity index (χ2n) is 4.50. The van der Waals surface area contributed by atoms with Gasteiger partial charge in [-0.1, -0.05) is 18.2 Å². The second kappa shape index (κ2) is 4.83. The van der Waals surface area contributed by atoms with Gasteiger partial charge in [0.05, 0.1) is 11.1 Å². The molecule has 3 aromatic rings. The summed E-state index contributed by atoms with van der Waals surface area (Å²) in [4.78, 5) is 14.9. The Morgan fingerprint density at radius 1 is 1.18 bits per heavy atom. The Labute approximate surface area is 121 Å². The lowest BCUT2D eigenvalue weighted by Crippen LogP contribution is -2.07. The van der Waals surface area contributed by atoms with Crippen molar-refractivity contribution in [1.29, 1.82) is 0 Å². The quantitative estimate of drug-likeness (QED) is 0.790. The Bertz CT molecular complexity index is 871. The molecule has 1 N–H and O–H groups in total. The molecule has 1 aromatic carbocycles. The number of pyridine rings is 1. The molecule has 0 spiro atoms. The molecule has 2 heterocycles. The highest BCUT2D eigenvalue weighted by Crippen LogP contribution is 2.35. The molecular weight excluding hydrogens is 299 g/mol. The van der Waals surface area contributed by atoms with Crippen molar-refractivity contribution < 1.29 is 23.1 Å². The summed E-state index contributed by atoms with van der Waals surface area (Å²) in [6.07, 6.45) is -3.19. The van der Waals surface area contributed by atoms with Crippen LogP contribution in [0.1, 0.15) is 15.9 Å². The summed E-state index contributed by atoms with van der Waals surface area (Å²) >= 11 is 0. The zero-order chi connectivity index (χ0) is 15.9. The number of hydrogen-bond donors (Lipinski definition) is 1. The van der Waals surface area contributed by atoms with Gasteiger partial charge in [0, 0.05) is 11.8 Å². The van der Waals surface area contributed by atoms with E-state index in [2.05, 4.69) is 10.1 Å². The van der Waals surface area contributed by atoms with E-state index >= 15 is 0 Å². The number of benzene rings is 1. The van der Waals surface area contributed by atoms with E-state index in [1.54, 1.807) is 0 Å². The molecule has 22 heavy (non-hydrogen) atoms. The molecule has 0 aliphatic heterocycles. The lowest BCUT2D eigenvalue weighted by Gasteiger charge is -2.09.